The molecular formula is C16H23NO3. The summed E-state index contributed by atoms with van der Waals surface area (Å²) < 4.78 is 5.32. The van der Waals surface area contributed by atoms with Gasteiger partial charge in [-0.25, -0.2) is 4.79 Å². The Balaban J connectivity index is 1.72. The van der Waals surface area contributed by atoms with Gasteiger partial charge in [-0.15, -0.1) is 0 Å². The Morgan fingerprint density at radius 2 is 2.00 bits per heavy atom. The lowest BCUT2D eigenvalue weighted by atomic mass is 9.93. The summed E-state index contributed by atoms with van der Waals surface area (Å²) in [4.78, 5) is 13.5. The Morgan fingerprint density at radius 3 is 2.60 bits per heavy atom. The minimum absolute atomic E-state index is 0.226. The topological polar surface area (TPSA) is 49.8 Å². The summed E-state index contributed by atoms with van der Waals surface area (Å²) in [6.45, 7) is 7.13. The summed E-state index contributed by atoms with van der Waals surface area (Å²) in [6.07, 6.45) is 1.60. The second kappa shape index (κ2) is 5.73. The number of aryl methyl sites for hydroxylation is 1. The number of nitrogens with zero attached hydrogens (tertiary/aromatic N) is 1. The maximum absolute atomic E-state index is 11.8. The highest BCUT2D eigenvalue weighted by Crippen LogP contribution is 2.25. The van der Waals surface area contributed by atoms with Crippen LogP contribution < -0.4 is 0 Å². The number of hydrogen-bond donors (Lipinski definition) is 1. The molecule has 0 bridgehead atoms. The van der Waals surface area contributed by atoms with Gasteiger partial charge in [-0.2, -0.15) is 0 Å². The van der Waals surface area contributed by atoms with Gasteiger partial charge in [0, 0.05) is 13.1 Å². The molecule has 110 valence electrons. The first-order valence-corrected chi connectivity index (χ1v) is 7.10. The molecule has 2 rings (SSSR count). The number of phenolic OH excluding ortho intramolecular Hbond substituents is 1. The molecule has 1 aromatic rings. The molecule has 0 saturated carbocycles. The lowest BCUT2D eigenvalue weighted by Crippen LogP contribution is -2.51. The molecule has 0 unspecified atom stereocenters. The Morgan fingerprint density at radius 1 is 1.35 bits per heavy atom. The molecule has 0 spiro atoms. The number of para-hydroxylation sites is 1. The van der Waals surface area contributed by atoms with Crippen molar-refractivity contribution in [1.29, 1.82) is 0 Å². The third-order valence-electron chi connectivity index (χ3n) is 3.42. The zero-order chi connectivity index (χ0) is 14.8. The monoisotopic (exact) mass is 277 g/mol. The number of rotatable bonds is 3. The van der Waals surface area contributed by atoms with E-state index < -0.39 is 5.60 Å². The van der Waals surface area contributed by atoms with Gasteiger partial charge in [0.2, 0.25) is 0 Å². The maximum atomic E-state index is 11.8. The molecule has 1 saturated heterocycles. The third kappa shape index (κ3) is 3.89. The number of carbonyl (C=O) groups excluding carboxylic acids is 1. The molecular weight excluding hydrogens is 254 g/mol. The van der Waals surface area contributed by atoms with Gasteiger partial charge in [0.25, 0.3) is 0 Å². The molecule has 1 amide bonds. The van der Waals surface area contributed by atoms with E-state index in [1.54, 1.807) is 11.0 Å². The van der Waals surface area contributed by atoms with Crippen LogP contribution in [0.3, 0.4) is 0 Å². The predicted molar refractivity (Wildman–Crippen MR) is 77.7 cm³/mol. The second-order valence-electron chi connectivity index (χ2n) is 6.42. The van der Waals surface area contributed by atoms with Gasteiger partial charge in [-0.1, -0.05) is 18.2 Å². The van der Waals surface area contributed by atoms with Gasteiger partial charge in [0.1, 0.15) is 11.4 Å². The molecule has 1 aromatic carbocycles. The lowest BCUT2D eigenvalue weighted by molar-refractivity contribution is -0.00205. The van der Waals surface area contributed by atoms with Crippen molar-refractivity contribution in [3.05, 3.63) is 29.8 Å². The predicted octanol–water partition coefficient (Wildman–Crippen LogP) is 3.19. The average Bonchev–Trinajstić information content (AvgIpc) is 2.26. The number of phenols is 1. The fourth-order valence-corrected chi connectivity index (χ4v) is 2.31. The molecule has 1 aliphatic rings. The van der Waals surface area contributed by atoms with E-state index in [1.165, 1.54) is 0 Å². The van der Waals surface area contributed by atoms with Crippen molar-refractivity contribution in [3.63, 3.8) is 0 Å². The minimum Gasteiger partial charge on any atom is -0.508 e. The number of carbonyl (C=O) groups is 1. The molecule has 0 atom stereocenters. The first-order chi connectivity index (χ1) is 9.35. The van der Waals surface area contributed by atoms with E-state index in [4.69, 9.17) is 4.74 Å². The normalized spacial score (nSPS) is 15.8. The van der Waals surface area contributed by atoms with Crippen LogP contribution >= 0.6 is 0 Å². The van der Waals surface area contributed by atoms with Crippen LogP contribution in [0.1, 0.15) is 32.8 Å². The van der Waals surface area contributed by atoms with Gasteiger partial charge in [0.15, 0.2) is 0 Å². The van der Waals surface area contributed by atoms with E-state index in [0.29, 0.717) is 11.7 Å². The van der Waals surface area contributed by atoms with Crippen molar-refractivity contribution in [2.75, 3.05) is 13.1 Å². The first kappa shape index (κ1) is 14.7. The van der Waals surface area contributed by atoms with Crippen LogP contribution in [0.4, 0.5) is 4.79 Å². The zero-order valence-electron chi connectivity index (χ0n) is 12.4. The molecule has 1 heterocycles. The summed E-state index contributed by atoms with van der Waals surface area (Å²) in [5, 5.41) is 9.70. The van der Waals surface area contributed by atoms with Gasteiger partial charge >= 0.3 is 6.09 Å². The highest BCUT2D eigenvalue weighted by Gasteiger charge is 2.33. The Labute approximate surface area is 120 Å². The van der Waals surface area contributed by atoms with Crippen LogP contribution in [0.5, 0.6) is 5.75 Å². The summed E-state index contributed by atoms with van der Waals surface area (Å²) in [7, 11) is 0. The molecule has 4 heteroatoms. The number of ether oxygens (including phenoxy) is 1. The minimum atomic E-state index is -0.433. The quantitative estimate of drug-likeness (QED) is 0.923. The summed E-state index contributed by atoms with van der Waals surface area (Å²) in [5.41, 5.74) is 0.543. The van der Waals surface area contributed by atoms with Crippen molar-refractivity contribution in [3.8, 4) is 5.75 Å². The molecule has 1 aliphatic heterocycles. The standard InChI is InChI=1S/C16H23NO3/c1-16(2,3)20-15(19)17-10-12(11-17)8-9-13-6-4-5-7-14(13)18/h4-7,12,18H,8-11H2,1-3H3. The van der Waals surface area contributed by atoms with Gasteiger partial charge in [-0.05, 0) is 51.2 Å². The maximum Gasteiger partial charge on any atom is 0.410 e. The number of hydrogen-bond acceptors (Lipinski definition) is 3. The van der Waals surface area contributed by atoms with E-state index in [1.807, 2.05) is 39.0 Å². The third-order valence-corrected chi connectivity index (χ3v) is 3.42. The smallest absolute Gasteiger partial charge is 0.410 e. The number of likely N-dealkylation sites (tertiary alicyclic amines) is 1. The lowest BCUT2D eigenvalue weighted by Gasteiger charge is -2.39. The Hall–Kier alpha value is -1.71. The SMILES string of the molecule is CC(C)(C)OC(=O)N1CC(CCc2ccccc2O)C1. The molecule has 0 aliphatic carbocycles. The molecule has 0 aromatic heterocycles. The van der Waals surface area contributed by atoms with Crippen molar-refractivity contribution in [2.45, 2.75) is 39.2 Å². The summed E-state index contributed by atoms with van der Waals surface area (Å²) in [6, 6.07) is 7.41. The Bertz CT molecular complexity index is 473. The molecule has 1 fully saturated rings. The van der Waals surface area contributed by atoms with E-state index >= 15 is 0 Å². The van der Waals surface area contributed by atoms with Crippen LogP contribution in [-0.4, -0.2) is 34.8 Å². The second-order valence-corrected chi connectivity index (χ2v) is 6.42. The van der Waals surface area contributed by atoms with E-state index in [0.717, 1.165) is 31.5 Å². The average molecular weight is 277 g/mol. The highest BCUT2D eigenvalue weighted by molar-refractivity contribution is 5.69. The summed E-state index contributed by atoms with van der Waals surface area (Å²) in [5.74, 6) is 0.859. The van der Waals surface area contributed by atoms with Crippen molar-refractivity contribution >= 4 is 6.09 Å². The van der Waals surface area contributed by atoms with Crippen LogP contribution in [0.25, 0.3) is 0 Å². The molecule has 1 N–H and O–H groups in total. The van der Waals surface area contributed by atoms with Crippen LogP contribution in [0.15, 0.2) is 24.3 Å². The van der Waals surface area contributed by atoms with Crippen LogP contribution in [0, 0.1) is 5.92 Å². The number of aromatic hydroxyl groups is 1. The fraction of sp³-hybridized carbons (Fsp3) is 0.562. The first-order valence-electron chi connectivity index (χ1n) is 7.10. The Kier molecular flexibility index (Phi) is 4.21. The summed E-state index contributed by atoms with van der Waals surface area (Å²) >= 11 is 0. The van der Waals surface area contributed by atoms with E-state index in [-0.39, 0.29) is 6.09 Å². The number of benzene rings is 1. The van der Waals surface area contributed by atoms with E-state index in [9.17, 15) is 9.90 Å². The van der Waals surface area contributed by atoms with Crippen molar-refractivity contribution in [2.24, 2.45) is 5.92 Å². The molecule has 4 nitrogen and oxygen atoms in total. The largest absolute Gasteiger partial charge is 0.508 e. The number of amides is 1. The van der Waals surface area contributed by atoms with Crippen molar-refractivity contribution in [1.82, 2.24) is 4.90 Å². The molecule has 0 radical (unpaired) electrons. The van der Waals surface area contributed by atoms with Crippen LogP contribution in [-0.2, 0) is 11.2 Å². The zero-order valence-corrected chi connectivity index (χ0v) is 12.4. The van der Waals surface area contributed by atoms with E-state index in [2.05, 4.69) is 0 Å². The van der Waals surface area contributed by atoms with Crippen LogP contribution in [0.2, 0.25) is 0 Å². The van der Waals surface area contributed by atoms with Crippen molar-refractivity contribution < 1.29 is 14.6 Å². The highest BCUT2D eigenvalue weighted by atomic mass is 16.6. The van der Waals surface area contributed by atoms with Gasteiger partial charge in [-0.3, -0.25) is 0 Å². The fourth-order valence-electron chi connectivity index (χ4n) is 2.31. The van der Waals surface area contributed by atoms with Gasteiger partial charge in [0.05, 0.1) is 0 Å². The van der Waals surface area contributed by atoms with Gasteiger partial charge < -0.3 is 14.7 Å². The molecule has 20 heavy (non-hydrogen) atoms.